The number of carbonyl (C=O) groups is 2. The van der Waals surface area contributed by atoms with Crippen molar-refractivity contribution in [2.45, 2.75) is 28.4 Å². The molecule has 1 atom stereocenters. The highest BCUT2D eigenvalue weighted by Gasteiger charge is 2.61. The molecule has 2 aliphatic rings. The zero-order chi connectivity index (χ0) is 24.6. The Morgan fingerprint density at radius 3 is 2.37 bits per heavy atom. The summed E-state index contributed by atoms with van der Waals surface area (Å²) >= 11 is 4.23. The SMILES string of the molecule is Cc1nsc(SCC2=C(C(=O)OC(c3ccccc3)c3ccccc3)N3C(=O)C(N)(N)C3SC2)n1. The third-order valence-electron chi connectivity index (χ3n) is 5.73. The maximum Gasteiger partial charge on any atom is 0.356 e. The van der Waals surface area contributed by atoms with Crippen LogP contribution >= 0.6 is 35.1 Å². The van der Waals surface area contributed by atoms with E-state index in [-0.39, 0.29) is 5.70 Å². The molecule has 0 bridgehead atoms. The molecule has 5 rings (SSSR count). The predicted octanol–water partition coefficient (Wildman–Crippen LogP) is 3.05. The smallest absolute Gasteiger partial charge is 0.356 e. The number of carbonyl (C=O) groups excluding carboxylic acids is 2. The lowest BCUT2D eigenvalue weighted by molar-refractivity contribution is -0.157. The van der Waals surface area contributed by atoms with Crippen molar-refractivity contribution >= 4 is 46.9 Å². The van der Waals surface area contributed by atoms with Gasteiger partial charge in [0.15, 0.2) is 16.1 Å². The number of β-lactam (4-membered cyclic amide) rings is 1. The molecule has 3 aromatic rings. The van der Waals surface area contributed by atoms with Crippen LogP contribution in [0, 0.1) is 6.92 Å². The standard InChI is InChI=1S/C24H23N5O3S3/c1-14-27-23(35-28-14)34-13-17-12-33-22-24(25,26)21(31)29(22)18(17)20(30)32-19(15-8-4-2-5-9-15)16-10-6-3-7-11-16/h2-11,19,22H,12-13,25-26H2,1H3. The van der Waals surface area contributed by atoms with Crippen LogP contribution in [0.15, 0.2) is 76.3 Å². The zero-order valence-electron chi connectivity index (χ0n) is 18.8. The molecular weight excluding hydrogens is 502 g/mol. The van der Waals surface area contributed by atoms with Gasteiger partial charge in [-0.25, -0.2) is 9.78 Å². The molecule has 0 saturated carbocycles. The number of rotatable bonds is 7. The quantitative estimate of drug-likeness (QED) is 0.207. The molecule has 0 aliphatic carbocycles. The number of thioether (sulfide) groups is 2. The van der Waals surface area contributed by atoms with Crippen molar-refractivity contribution in [3.63, 3.8) is 0 Å². The zero-order valence-corrected chi connectivity index (χ0v) is 21.2. The maximum atomic E-state index is 13.7. The molecule has 180 valence electrons. The highest BCUT2D eigenvalue weighted by Crippen LogP contribution is 2.44. The van der Waals surface area contributed by atoms with Crippen LogP contribution in [0.3, 0.4) is 0 Å². The van der Waals surface area contributed by atoms with E-state index < -0.39 is 29.0 Å². The van der Waals surface area contributed by atoms with Gasteiger partial charge in [0.25, 0.3) is 5.91 Å². The van der Waals surface area contributed by atoms with Crippen LogP contribution in [0.25, 0.3) is 0 Å². The maximum absolute atomic E-state index is 13.7. The fourth-order valence-corrected chi connectivity index (χ4v) is 7.11. The Labute approximate surface area is 215 Å². The van der Waals surface area contributed by atoms with Gasteiger partial charge in [-0.05, 0) is 35.2 Å². The Bertz CT molecular complexity index is 1240. The molecule has 4 N–H and O–H groups in total. The third kappa shape index (κ3) is 4.62. The number of aromatic nitrogens is 2. The summed E-state index contributed by atoms with van der Waals surface area (Å²) in [7, 11) is 0. The average Bonchev–Trinajstić information content (AvgIpc) is 3.31. The largest absolute Gasteiger partial charge is 0.448 e. The average molecular weight is 526 g/mol. The molecule has 1 saturated heterocycles. The normalized spacial score (nSPS) is 18.9. The van der Waals surface area contributed by atoms with Crippen LogP contribution in [-0.2, 0) is 14.3 Å². The number of nitrogens with zero attached hydrogens (tertiary/aromatic N) is 3. The summed E-state index contributed by atoms with van der Waals surface area (Å²) in [6, 6.07) is 19.0. The van der Waals surface area contributed by atoms with Gasteiger partial charge >= 0.3 is 5.97 Å². The van der Waals surface area contributed by atoms with Crippen LogP contribution < -0.4 is 11.5 Å². The molecule has 0 spiro atoms. The first kappa shape index (κ1) is 24.0. The van der Waals surface area contributed by atoms with Gasteiger partial charge in [0.1, 0.15) is 16.9 Å². The number of esters is 1. The summed E-state index contributed by atoms with van der Waals surface area (Å²) in [4.78, 5) is 32.4. The number of benzene rings is 2. The van der Waals surface area contributed by atoms with E-state index in [1.807, 2.05) is 67.6 Å². The van der Waals surface area contributed by atoms with E-state index in [2.05, 4.69) is 9.36 Å². The molecule has 2 aromatic carbocycles. The van der Waals surface area contributed by atoms with Crippen molar-refractivity contribution in [1.82, 2.24) is 14.3 Å². The molecular formula is C24H23N5O3S3. The molecule has 0 radical (unpaired) electrons. The number of nitrogens with two attached hydrogens (primary N) is 2. The van der Waals surface area contributed by atoms with Crippen LogP contribution in [0.4, 0.5) is 0 Å². The summed E-state index contributed by atoms with van der Waals surface area (Å²) in [6.07, 6.45) is -0.637. The summed E-state index contributed by atoms with van der Waals surface area (Å²) in [5.74, 6) is 0.590. The molecule has 3 heterocycles. The summed E-state index contributed by atoms with van der Waals surface area (Å²) in [5, 5.41) is -0.526. The third-order valence-corrected chi connectivity index (χ3v) is 9.17. The Hall–Kier alpha value is -2.70. The molecule has 1 fully saturated rings. The minimum atomic E-state index is -1.51. The van der Waals surface area contributed by atoms with Gasteiger partial charge in [0, 0.05) is 11.5 Å². The lowest BCUT2D eigenvalue weighted by atomic mass is 9.97. The lowest BCUT2D eigenvalue weighted by Crippen LogP contribution is -2.82. The van der Waals surface area contributed by atoms with E-state index >= 15 is 0 Å². The summed E-state index contributed by atoms with van der Waals surface area (Å²) in [5.41, 5.74) is 13.2. The number of ether oxygens (including phenoxy) is 1. The predicted molar refractivity (Wildman–Crippen MR) is 137 cm³/mol. The molecule has 2 aliphatic heterocycles. The number of hydrogen-bond acceptors (Lipinski definition) is 10. The number of amides is 1. The van der Waals surface area contributed by atoms with E-state index in [1.54, 1.807) is 0 Å². The first-order chi connectivity index (χ1) is 16.9. The molecule has 1 unspecified atom stereocenters. The minimum Gasteiger partial charge on any atom is -0.448 e. The van der Waals surface area contributed by atoms with Gasteiger partial charge in [-0.3, -0.25) is 9.69 Å². The number of hydrogen-bond donors (Lipinski definition) is 2. The van der Waals surface area contributed by atoms with E-state index in [0.717, 1.165) is 21.0 Å². The van der Waals surface area contributed by atoms with Gasteiger partial charge in [0.05, 0.1) is 0 Å². The first-order valence-electron chi connectivity index (χ1n) is 10.9. The van der Waals surface area contributed by atoms with Crippen molar-refractivity contribution in [3.05, 3.63) is 88.9 Å². The van der Waals surface area contributed by atoms with Crippen molar-refractivity contribution < 1.29 is 14.3 Å². The van der Waals surface area contributed by atoms with Gasteiger partial charge in [0.2, 0.25) is 0 Å². The Kier molecular flexibility index (Phi) is 6.69. The van der Waals surface area contributed by atoms with Crippen LogP contribution in [0.2, 0.25) is 0 Å². The second kappa shape index (κ2) is 9.75. The van der Waals surface area contributed by atoms with Crippen molar-refractivity contribution in [1.29, 1.82) is 0 Å². The molecule has 35 heavy (non-hydrogen) atoms. The number of fused-ring (bicyclic) bond motifs is 1. The van der Waals surface area contributed by atoms with Gasteiger partial charge in [-0.15, -0.1) is 11.8 Å². The second-order valence-corrected chi connectivity index (χ2v) is 11.3. The molecule has 11 heteroatoms. The van der Waals surface area contributed by atoms with E-state index in [4.69, 9.17) is 16.2 Å². The first-order valence-corrected chi connectivity index (χ1v) is 13.7. The van der Waals surface area contributed by atoms with E-state index in [0.29, 0.717) is 17.3 Å². The van der Waals surface area contributed by atoms with Crippen molar-refractivity contribution in [2.24, 2.45) is 11.5 Å². The Morgan fingerprint density at radius 1 is 1.17 bits per heavy atom. The highest BCUT2D eigenvalue weighted by atomic mass is 32.2. The van der Waals surface area contributed by atoms with Gasteiger partial charge in [-0.1, -0.05) is 72.4 Å². The summed E-state index contributed by atoms with van der Waals surface area (Å²) in [6.45, 7) is 1.83. The van der Waals surface area contributed by atoms with Gasteiger partial charge < -0.3 is 16.2 Å². The molecule has 8 nitrogen and oxygen atoms in total. The monoisotopic (exact) mass is 525 g/mol. The van der Waals surface area contributed by atoms with Crippen LogP contribution in [0.5, 0.6) is 0 Å². The number of aryl methyl sites for hydroxylation is 1. The van der Waals surface area contributed by atoms with Crippen molar-refractivity contribution in [2.75, 3.05) is 11.5 Å². The fourth-order valence-electron chi connectivity index (χ4n) is 4.00. The van der Waals surface area contributed by atoms with Crippen LogP contribution in [0.1, 0.15) is 23.1 Å². The van der Waals surface area contributed by atoms with Crippen LogP contribution in [-0.4, -0.2) is 48.7 Å². The summed E-state index contributed by atoms with van der Waals surface area (Å²) < 4.78 is 11.1. The second-order valence-electron chi connectivity index (χ2n) is 8.23. The van der Waals surface area contributed by atoms with Gasteiger partial charge in [-0.2, -0.15) is 4.37 Å². The topological polar surface area (TPSA) is 124 Å². The lowest BCUT2D eigenvalue weighted by Gasteiger charge is -2.53. The Morgan fingerprint density at radius 2 is 1.80 bits per heavy atom. The van der Waals surface area contributed by atoms with E-state index in [1.165, 1.54) is 40.0 Å². The Balaban J connectivity index is 1.48. The highest BCUT2D eigenvalue weighted by molar-refractivity contribution is 8.01. The van der Waals surface area contributed by atoms with E-state index in [9.17, 15) is 9.59 Å². The molecule has 1 amide bonds. The van der Waals surface area contributed by atoms with Crippen molar-refractivity contribution in [3.8, 4) is 0 Å². The minimum absolute atomic E-state index is 0.218. The molecule has 1 aromatic heterocycles. The fraction of sp³-hybridized carbons (Fsp3) is 0.250.